The van der Waals surface area contributed by atoms with Crippen molar-refractivity contribution >= 4 is 34.4 Å². The Labute approximate surface area is 210 Å². The van der Waals surface area contributed by atoms with Gasteiger partial charge < -0.3 is 25.9 Å². The lowest BCUT2D eigenvalue weighted by Gasteiger charge is -2.32. The molecule has 0 radical (unpaired) electrons. The van der Waals surface area contributed by atoms with Gasteiger partial charge >= 0.3 is 5.97 Å². The van der Waals surface area contributed by atoms with Gasteiger partial charge in [0.2, 0.25) is 17.6 Å². The molecule has 4 rings (SSSR count). The van der Waals surface area contributed by atoms with E-state index in [-0.39, 0.29) is 29.4 Å². The number of nitrogens with two attached hydrogens (primary N) is 1. The smallest absolute Gasteiger partial charge is 0.371 e. The van der Waals surface area contributed by atoms with Crippen LogP contribution >= 0.6 is 0 Å². The number of carbonyl (C=O) groups is 3. The minimum absolute atomic E-state index is 0.0971. The molecule has 1 unspecified atom stereocenters. The standard InChI is InChI=1S/C27H36FN3O5/c28-15-21(29)17-6-8-18(9-7-17)25(32)31-22(12-16-4-2-1-3-5-16)26(33)30-20-10-11-23-19(13-20)14-24(36-23)27(34)35/h10-11,13-14,16-18,21-22H,1-9,12,15,29H2,(H,30,33)(H,31,32)(H,34,35)/t17?,18?,21?,22-/m1/s1. The fourth-order valence-corrected chi connectivity index (χ4v) is 5.67. The number of anilines is 1. The number of carbonyl (C=O) groups excluding carboxylic acids is 2. The first-order valence-corrected chi connectivity index (χ1v) is 13.0. The van der Waals surface area contributed by atoms with E-state index in [0.717, 1.165) is 25.7 Å². The molecule has 1 aromatic heterocycles. The van der Waals surface area contributed by atoms with Gasteiger partial charge in [-0.15, -0.1) is 0 Å². The second-order valence-corrected chi connectivity index (χ2v) is 10.4. The van der Waals surface area contributed by atoms with Gasteiger partial charge in [-0.25, -0.2) is 9.18 Å². The number of alkyl halides is 1. The highest BCUT2D eigenvalue weighted by molar-refractivity contribution is 5.99. The third-order valence-corrected chi connectivity index (χ3v) is 7.85. The Kier molecular flexibility index (Phi) is 8.61. The average molecular weight is 502 g/mol. The number of halogens is 1. The highest BCUT2D eigenvalue weighted by Gasteiger charge is 2.32. The van der Waals surface area contributed by atoms with Crippen LogP contribution in [-0.2, 0) is 9.59 Å². The van der Waals surface area contributed by atoms with E-state index in [0.29, 0.717) is 54.7 Å². The van der Waals surface area contributed by atoms with Gasteiger partial charge in [-0.1, -0.05) is 32.1 Å². The van der Waals surface area contributed by atoms with Crippen LogP contribution < -0.4 is 16.4 Å². The van der Waals surface area contributed by atoms with Gasteiger partial charge in [0, 0.05) is 23.0 Å². The third-order valence-electron chi connectivity index (χ3n) is 7.85. The summed E-state index contributed by atoms with van der Waals surface area (Å²) in [4.78, 5) is 37.6. The number of fused-ring (bicyclic) bond motifs is 1. The number of aromatic carboxylic acids is 1. The van der Waals surface area contributed by atoms with Gasteiger partial charge in [-0.2, -0.15) is 0 Å². The Morgan fingerprint density at radius 1 is 1.06 bits per heavy atom. The van der Waals surface area contributed by atoms with Gasteiger partial charge in [-0.05, 0) is 68.2 Å². The number of nitrogens with one attached hydrogen (secondary N) is 2. The van der Waals surface area contributed by atoms with E-state index >= 15 is 0 Å². The van der Waals surface area contributed by atoms with E-state index < -0.39 is 24.7 Å². The number of amides is 2. The molecule has 0 bridgehead atoms. The number of carboxylic acid groups (broad SMARTS) is 1. The van der Waals surface area contributed by atoms with Crippen molar-refractivity contribution in [2.45, 2.75) is 76.3 Å². The maximum atomic E-state index is 13.3. The normalized spacial score (nSPS) is 22.6. The molecule has 9 heteroatoms. The van der Waals surface area contributed by atoms with Gasteiger partial charge in [0.05, 0.1) is 0 Å². The molecule has 2 aliphatic rings. The van der Waals surface area contributed by atoms with E-state index in [1.54, 1.807) is 18.2 Å². The number of carboxylic acids is 1. The summed E-state index contributed by atoms with van der Waals surface area (Å²) in [6.07, 6.45) is 8.86. The fourth-order valence-electron chi connectivity index (χ4n) is 5.67. The summed E-state index contributed by atoms with van der Waals surface area (Å²) in [5, 5.41) is 15.6. The maximum absolute atomic E-state index is 13.3. The molecule has 2 saturated carbocycles. The summed E-state index contributed by atoms with van der Waals surface area (Å²) in [6.45, 7) is -0.548. The van der Waals surface area contributed by atoms with Crippen LogP contribution in [0.2, 0.25) is 0 Å². The third kappa shape index (κ3) is 6.43. The summed E-state index contributed by atoms with van der Waals surface area (Å²) >= 11 is 0. The number of benzene rings is 1. The molecule has 0 spiro atoms. The molecule has 1 heterocycles. The molecule has 196 valence electrons. The topological polar surface area (TPSA) is 135 Å². The second-order valence-electron chi connectivity index (χ2n) is 10.4. The molecule has 2 aromatic rings. The van der Waals surface area contributed by atoms with Crippen LogP contribution in [0, 0.1) is 17.8 Å². The summed E-state index contributed by atoms with van der Waals surface area (Å²) in [7, 11) is 0. The zero-order valence-corrected chi connectivity index (χ0v) is 20.5. The minimum Gasteiger partial charge on any atom is -0.475 e. The molecule has 2 aliphatic carbocycles. The Morgan fingerprint density at radius 3 is 2.44 bits per heavy atom. The van der Waals surface area contributed by atoms with E-state index in [9.17, 15) is 18.8 Å². The molecular formula is C27H36FN3O5. The monoisotopic (exact) mass is 501 g/mol. The molecule has 1 aromatic carbocycles. The van der Waals surface area contributed by atoms with E-state index in [2.05, 4.69) is 10.6 Å². The molecular weight excluding hydrogens is 465 g/mol. The molecule has 8 nitrogen and oxygen atoms in total. The van der Waals surface area contributed by atoms with Gasteiger partial charge in [0.1, 0.15) is 18.3 Å². The lowest BCUT2D eigenvalue weighted by molar-refractivity contribution is -0.130. The lowest BCUT2D eigenvalue weighted by Crippen LogP contribution is -2.48. The van der Waals surface area contributed by atoms with Gasteiger partial charge in [0.25, 0.3) is 0 Å². The van der Waals surface area contributed by atoms with Crippen molar-refractivity contribution in [2.75, 3.05) is 12.0 Å². The predicted molar refractivity (Wildman–Crippen MR) is 134 cm³/mol. The Hall–Kier alpha value is -2.94. The Bertz CT molecular complexity index is 1070. The highest BCUT2D eigenvalue weighted by atomic mass is 19.1. The minimum atomic E-state index is -1.16. The largest absolute Gasteiger partial charge is 0.475 e. The molecule has 0 aliphatic heterocycles. The van der Waals surface area contributed by atoms with Crippen LogP contribution in [0.1, 0.15) is 74.8 Å². The van der Waals surface area contributed by atoms with Crippen molar-refractivity contribution in [1.82, 2.24) is 5.32 Å². The molecule has 2 atom stereocenters. The first-order valence-electron chi connectivity index (χ1n) is 13.0. The number of hydrogen-bond donors (Lipinski definition) is 4. The van der Waals surface area contributed by atoms with Crippen molar-refractivity contribution in [1.29, 1.82) is 0 Å². The van der Waals surface area contributed by atoms with Crippen molar-refractivity contribution in [2.24, 2.45) is 23.5 Å². The number of hydrogen-bond acceptors (Lipinski definition) is 5. The van der Waals surface area contributed by atoms with Crippen molar-refractivity contribution in [3.8, 4) is 0 Å². The van der Waals surface area contributed by atoms with Crippen molar-refractivity contribution in [3.05, 3.63) is 30.0 Å². The zero-order chi connectivity index (χ0) is 25.7. The SMILES string of the molecule is NC(CF)C1CCC(C(=O)N[C@H](CC2CCCCC2)C(=O)Nc2ccc3oc(C(=O)O)cc3c2)CC1. The summed E-state index contributed by atoms with van der Waals surface area (Å²) in [6, 6.07) is 5.22. The predicted octanol–water partition coefficient (Wildman–Crippen LogP) is 4.63. The van der Waals surface area contributed by atoms with Crippen LogP contribution in [0.4, 0.5) is 10.1 Å². The van der Waals surface area contributed by atoms with Crippen LogP contribution in [-0.4, -0.2) is 41.6 Å². The molecule has 5 N–H and O–H groups in total. The summed E-state index contributed by atoms with van der Waals surface area (Å²) in [5.74, 6) is -1.47. The van der Waals surface area contributed by atoms with E-state index in [4.69, 9.17) is 15.3 Å². The average Bonchev–Trinajstić information content (AvgIpc) is 3.32. The number of rotatable bonds is 9. The van der Waals surface area contributed by atoms with Crippen LogP contribution in [0.3, 0.4) is 0 Å². The van der Waals surface area contributed by atoms with Crippen LogP contribution in [0.25, 0.3) is 11.0 Å². The maximum Gasteiger partial charge on any atom is 0.371 e. The Balaban J connectivity index is 1.43. The number of furan rings is 1. The molecule has 2 fully saturated rings. The quantitative estimate of drug-likeness (QED) is 0.396. The Morgan fingerprint density at radius 2 is 1.78 bits per heavy atom. The molecule has 2 amide bonds. The fraction of sp³-hybridized carbons (Fsp3) is 0.593. The first kappa shape index (κ1) is 26.1. The van der Waals surface area contributed by atoms with Gasteiger partial charge in [-0.3, -0.25) is 9.59 Å². The van der Waals surface area contributed by atoms with Gasteiger partial charge in [0.15, 0.2) is 0 Å². The van der Waals surface area contributed by atoms with E-state index in [1.807, 2.05) is 0 Å². The molecule has 36 heavy (non-hydrogen) atoms. The van der Waals surface area contributed by atoms with Crippen LogP contribution in [0.5, 0.6) is 0 Å². The first-order chi connectivity index (χ1) is 17.3. The second kappa shape index (κ2) is 11.9. The van der Waals surface area contributed by atoms with Crippen molar-refractivity contribution in [3.63, 3.8) is 0 Å². The van der Waals surface area contributed by atoms with Crippen LogP contribution in [0.15, 0.2) is 28.7 Å². The summed E-state index contributed by atoms with van der Waals surface area (Å²) < 4.78 is 18.2. The zero-order valence-electron chi connectivity index (χ0n) is 20.5. The summed E-state index contributed by atoms with van der Waals surface area (Å²) in [5.41, 5.74) is 6.78. The van der Waals surface area contributed by atoms with Crippen molar-refractivity contribution < 1.29 is 28.3 Å². The highest BCUT2D eigenvalue weighted by Crippen LogP contribution is 2.32. The van der Waals surface area contributed by atoms with E-state index in [1.165, 1.54) is 12.5 Å². The molecule has 0 saturated heterocycles. The lowest BCUT2D eigenvalue weighted by atomic mass is 9.78.